The molecule has 2 aromatic rings. The number of carboxylic acid groups (broad SMARTS) is 1. The number of carboxylic acids is 1. The lowest BCUT2D eigenvalue weighted by atomic mass is 9.72. The molecule has 1 aromatic heterocycles. The van der Waals surface area contributed by atoms with Crippen molar-refractivity contribution in [1.29, 1.82) is 0 Å². The van der Waals surface area contributed by atoms with Crippen LogP contribution < -0.4 is 16.3 Å². The molecular formula is C29H45N5O3. The summed E-state index contributed by atoms with van der Waals surface area (Å²) in [6.07, 6.45) is 4.68. The van der Waals surface area contributed by atoms with Crippen LogP contribution in [0.25, 0.3) is 0 Å². The quantitative estimate of drug-likeness (QED) is 0.308. The second kappa shape index (κ2) is 14.0. The Labute approximate surface area is 222 Å². The van der Waals surface area contributed by atoms with Gasteiger partial charge in [-0.1, -0.05) is 32.0 Å². The second-order valence-electron chi connectivity index (χ2n) is 9.85. The third-order valence-corrected chi connectivity index (χ3v) is 6.90. The van der Waals surface area contributed by atoms with E-state index in [0.717, 1.165) is 30.1 Å². The van der Waals surface area contributed by atoms with Crippen molar-refractivity contribution in [2.45, 2.75) is 73.4 Å². The number of nitrogens with two attached hydrogens (primary N) is 2. The van der Waals surface area contributed by atoms with Crippen LogP contribution in [-0.2, 0) is 17.9 Å². The van der Waals surface area contributed by atoms with Gasteiger partial charge in [0.05, 0.1) is 11.1 Å². The lowest BCUT2D eigenvalue weighted by Gasteiger charge is -2.32. The number of aryl methyl sites for hydroxylation is 1. The highest BCUT2D eigenvalue weighted by Gasteiger charge is 2.37. The molecule has 1 atom stereocenters. The van der Waals surface area contributed by atoms with E-state index in [0.29, 0.717) is 38.2 Å². The van der Waals surface area contributed by atoms with Gasteiger partial charge in [0.15, 0.2) is 0 Å². The molecule has 0 aliphatic carbocycles. The molecule has 3 rings (SSSR count). The topological polar surface area (TPSA) is 118 Å². The summed E-state index contributed by atoms with van der Waals surface area (Å²) in [7, 11) is 0. The van der Waals surface area contributed by atoms with Gasteiger partial charge in [0.1, 0.15) is 12.4 Å². The maximum Gasteiger partial charge on any atom is 0.309 e. The number of pyridine rings is 1. The van der Waals surface area contributed by atoms with Crippen molar-refractivity contribution in [3.63, 3.8) is 0 Å². The molecule has 8 nitrogen and oxygen atoms in total. The summed E-state index contributed by atoms with van der Waals surface area (Å²) >= 11 is 0. The van der Waals surface area contributed by atoms with Crippen molar-refractivity contribution >= 4 is 5.97 Å². The smallest absolute Gasteiger partial charge is 0.309 e. The van der Waals surface area contributed by atoms with Crippen LogP contribution in [-0.4, -0.2) is 45.7 Å². The molecule has 0 radical (unpaired) electrons. The normalized spacial score (nSPS) is 14.9. The first kappa shape index (κ1) is 30.1. The van der Waals surface area contributed by atoms with E-state index in [1.54, 1.807) is 26.2 Å². The molecule has 1 aliphatic heterocycles. The van der Waals surface area contributed by atoms with E-state index in [1.807, 2.05) is 32.9 Å². The number of hydrogen-bond donors (Lipinski definition) is 3. The third-order valence-electron chi connectivity index (χ3n) is 6.90. The standard InChI is InChI=1S/C27H39N5O3.C2H6/c1-5-32(29)17-22(28)10-11-23(27(3,4)26(33)34)20-9-8-19(2)21(15-20)16-31-13-14-35-25-7-6-12-30-24(25)18-31;1-2/h6-9,12,15,17,23H,5,10-11,13-14,16,18,28-29H2,1-4H3,(H,33,34);1-2H3/b22-17-;. The minimum atomic E-state index is -0.959. The molecule has 0 amide bonds. The Morgan fingerprint density at radius 3 is 2.73 bits per heavy atom. The number of hydrazine groups is 1. The lowest BCUT2D eigenvalue weighted by molar-refractivity contribution is -0.148. The molecule has 1 aliphatic rings. The summed E-state index contributed by atoms with van der Waals surface area (Å²) in [4.78, 5) is 19.0. The SMILES string of the molecule is CC.CCN(N)/C=C(\N)CCC(c1ccc(C)c(CN2CCOc3cccnc3C2)c1)C(C)(C)C(=O)O. The Kier molecular flexibility index (Phi) is 11.4. The van der Waals surface area contributed by atoms with Gasteiger partial charge in [-0.25, -0.2) is 5.84 Å². The van der Waals surface area contributed by atoms with Crippen LogP contribution in [0.5, 0.6) is 5.75 Å². The Morgan fingerprint density at radius 2 is 2.05 bits per heavy atom. The number of carbonyl (C=O) groups is 1. The first-order chi connectivity index (χ1) is 17.6. The summed E-state index contributed by atoms with van der Waals surface area (Å²) < 4.78 is 5.87. The zero-order valence-corrected chi connectivity index (χ0v) is 23.3. The van der Waals surface area contributed by atoms with E-state index < -0.39 is 11.4 Å². The highest BCUT2D eigenvalue weighted by molar-refractivity contribution is 5.75. The van der Waals surface area contributed by atoms with Crippen LogP contribution in [0, 0.1) is 12.3 Å². The number of ether oxygens (including phenoxy) is 1. The molecule has 5 N–H and O–H groups in total. The number of hydrogen-bond acceptors (Lipinski definition) is 7. The van der Waals surface area contributed by atoms with Gasteiger partial charge in [0.2, 0.25) is 0 Å². The van der Waals surface area contributed by atoms with Crippen LogP contribution in [0.1, 0.15) is 75.8 Å². The number of aromatic nitrogens is 1. The van der Waals surface area contributed by atoms with Crippen molar-refractivity contribution < 1.29 is 14.6 Å². The minimum absolute atomic E-state index is 0.214. The van der Waals surface area contributed by atoms with E-state index in [-0.39, 0.29) is 5.92 Å². The van der Waals surface area contributed by atoms with Gasteiger partial charge in [0.25, 0.3) is 0 Å². The van der Waals surface area contributed by atoms with E-state index in [1.165, 1.54) is 16.1 Å². The summed E-state index contributed by atoms with van der Waals surface area (Å²) in [5, 5.41) is 11.6. The van der Waals surface area contributed by atoms with Crippen molar-refractivity contribution in [2.24, 2.45) is 17.0 Å². The fourth-order valence-corrected chi connectivity index (χ4v) is 4.48. The largest absolute Gasteiger partial charge is 0.490 e. The Balaban J connectivity index is 0.00000235. The maximum atomic E-state index is 12.2. The highest BCUT2D eigenvalue weighted by Crippen LogP contribution is 2.40. The number of rotatable bonds is 10. The molecular weight excluding hydrogens is 466 g/mol. The monoisotopic (exact) mass is 511 g/mol. The zero-order valence-electron chi connectivity index (χ0n) is 23.3. The van der Waals surface area contributed by atoms with Crippen LogP contribution in [0.3, 0.4) is 0 Å². The Bertz CT molecular complexity index is 1050. The molecule has 0 saturated carbocycles. The minimum Gasteiger partial charge on any atom is -0.490 e. The van der Waals surface area contributed by atoms with Crippen LogP contribution >= 0.6 is 0 Å². The van der Waals surface area contributed by atoms with Crippen molar-refractivity contribution in [1.82, 2.24) is 14.9 Å². The van der Waals surface area contributed by atoms with Crippen LogP contribution in [0.15, 0.2) is 48.4 Å². The summed E-state index contributed by atoms with van der Waals surface area (Å²) in [5.74, 6) is 5.66. The molecule has 0 fully saturated rings. The average molecular weight is 512 g/mol. The molecule has 204 valence electrons. The molecule has 0 bridgehead atoms. The Hall–Kier alpha value is -3.10. The molecule has 1 aromatic carbocycles. The van der Waals surface area contributed by atoms with E-state index in [4.69, 9.17) is 16.3 Å². The predicted octanol–water partition coefficient (Wildman–Crippen LogP) is 4.78. The molecule has 0 spiro atoms. The summed E-state index contributed by atoms with van der Waals surface area (Å²) in [6, 6.07) is 10.2. The van der Waals surface area contributed by atoms with Gasteiger partial charge in [0, 0.05) is 44.3 Å². The zero-order chi connectivity index (χ0) is 27.6. The van der Waals surface area contributed by atoms with E-state index in [9.17, 15) is 9.90 Å². The Morgan fingerprint density at radius 1 is 1.32 bits per heavy atom. The van der Waals surface area contributed by atoms with Crippen LogP contribution in [0.2, 0.25) is 0 Å². The molecule has 0 saturated heterocycles. The van der Waals surface area contributed by atoms with Gasteiger partial charge in [-0.15, -0.1) is 0 Å². The van der Waals surface area contributed by atoms with Crippen molar-refractivity contribution in [3.05, 3.63) is 70.8 Å². The second-order valence-corrected chi connectivity index (χ2v) is 9.85. The predicted molar refractivity (Wildman–Crippen MR) is 149 cm³/mol. The fraction of sp³-hybridized carbons (Fsp3) is 0.517. The van der Waals surface area contributed by atoms with E-state index >= 15 is 0 Å². The lowest BCUT2D eigenvalue weighted by Crippen LogP contribution is -2.32. The maximum absolute atomic E-state index is 12.2. The number of benzene rings is 1. The molecule has 8 heteroatoms. The molecule has 1 unspecified atom stereocenters. The van der Waals surface area contributed by atoms with E-state index in [2.05, 4.69) is 35.0 Å². The number of fused-ring (bicyclic) bond motifs is 1. The van der Waals surface area contributed by atoms with Crippen LogP contribution in [0.4, 0.5) is 0 Å². The first-order valence-corrected chi connectivity index (χ1v) is 13.2. The number of aliphatic carboxylic acids is 1. The highest BCUT2D eigenvalue weighted by atomic mass is 16.5. The van der Waals surface area contributed by atoms with Gasteiger partial charge in [-0.05, 0) is 75.3 Å². The number of nitrogens with zero attached hydrogens (tertiary/aromatic N) is 3. The summed E-state index contributed by atoms with van der Waals surface area (Å²) in [5.41, 5.74) is 10.2. The summed E-state index contributed by atoms with van der Waals surface area (Å²) in [6.45, 7) is 15.1. The van der Waals surface area contributed by atoms with Crippen molar-refractivity contribution in [2.75, 3.05) is 19.7 Å². The van der Waals surface area contributed by atoms with Gasteiger partial charge >= 0.3 is 5.97 Å². The average Bonchev–Trinajstić information content (AvgIpc) is 3.08. The number of allylic oxidation sites excluding steroid dienone is 1. The molecule has 37 heavy (non-hydrogen) atoms. The van der Waals surface area contributed by atoms with Crippen molar-refractivity contribution in [3.8, 4) is 5.75 Å². The van der Waals surface area contributed by atoms with Gasteiger partial charge < -0.3 is 20.6 Å². The first-order valence-electron chi connectivity index (χ1n) is 13.2. The van der Waals surface area contributed by atoms with Gasteiger partial charge in [-0.2, -0.15) is 0 Å². The van der Waals surface area contributed by atoms with Gasteiger partial charge in [-0.3, -0.25) is 14.7 Å². The third kappa shape index (κ3) is 8.20. The molecule has 2 heterocycles. The fourth-order valence-electron chi connectivity index (χ4n) is 4.48.